The minimum atomic E-state index is 0. The van der Waals surface area contributed by atoms with Crippen LogP contribution >= 0.6 is 35.6 Å². The first kappa shape index (κ1) is 19.5. The molecule has 2 aromatic rings. The van der Waals surface area contributed by atoms with E-state index in [1.807, 2.05) is 18.2 Å². The highest BCUT2D eigenvalue weighted by molar-refractivity contribution is 14.0. The van der Waals surface area contributed by atoms with Crippen molar-refractivity contribution >= 4 is 47.2 Å². The normalized spacial score (nSPS) is 10.8. The van der Waals surface area contributed by atoms with Gasteiger partial charge in [-0.1, -0.05) is 17.7 Å². The van der Waals surface area contributed by atoms with Gasteiger partial charge in [0.1, 0.15) is 11.6 Å². The van der Waals surface area contributed by atoms with Crippen LogP contribution in [0.2, 0.25) is 5.02 Å². The molecule has 0 aliphatic heterocycles. The van der Waals surface area contributed by atoms with Crippen LogP contribution in [0.5, 0.6) is 5.88 Å². The van der Waals surface area contributed by atoms with Crippen LogP contribution in [-0.4, -0.2) is 24.1 Å². The summed E-state index contributed by atoms with van der Waals surface area (Å²) in [6, 6.07) is 9.51. The maximum absolute atomic E-state index is 5.94. The standard InChI is InChI=1S/C16H19ClN4O.HI/c1-11-5-6-13(10-12(11)2)21-16(18)20-8-9-22-15-14(17)4-3-7-19-15;/h3-7,10H,8-9H2,1-2H3,(H3,18,20,21);1H. The number of aliphatic imine (C=N–C) groups is 1. The maximum Gasteiger partial charge on any atom is 0.232 e. The number of halogens is 2. The molecule has 0 bridgehead atoms. The average Bonchev–Trinajstić information content (AvgIpc) is 2.49. The first-order chi connectivity index (χ1) is 10.6. The van der Waals surface area contributed by atoms with Gasteiger partial charge in [-0.25, -0.2) is 9.98 Å². The van der Waals surface area contributed by atoms with Gasteiger partial charge >= 0.3 is 0 Å². The SMILES string of the molecule is Cc1ccc(NC(N)=NCCOc2ncccc2Cl)cc1C.I. The molecular formula is C16H20ClIN4O. The van der Waals surface area contributed by atoms with Crippen molar-refractivity contribution in [2.24, 2.45) is 10.7 Å². The molecule has 0 aliphatic rings. The number of anilines is 1. The van der Waals surface area contributed by atoms with E-state index in [0.29, 0.717) is 30.0 Å². The van der Waals surface area contributed by atoms with E-state index in [4.69, 9.17) is 22.1 Å². The van der Waals surface area contributed by atoms with Crippen LogP contribution in [0.4, 0.5) is 5.69 Å². The molecule has 0 spiro atoms. The summed E-state index contributed by atoms with van der Waals surface area (Å²) in [4.78, 5) is 8.23. The van der Waals surface area contributed by atoms with Gasteiger partial charge in [0.05, 0.1) is 6.54 Å². The highest BCUT2D eigenvalue weighted by atomic mass is 127. The molecule has 0 unspecified atom stereocenters. The highest BCUT2D eigenvalue weighted by Gasteiger charge is 2.01. The van der Waals surface area contributed by atoms with Gasteiger partial charge < -0.3 is 15.8 Å². The molecule has 0 saturated carbocycles. The third-order valence-corrected chi connectivity index (χ3v) is 3.40. The first-order valence-electron chi connectivity index (χ1n) is 6.94. The van der Waals surface area contributed by atoms with Crippen LogP contribution in [0.1, 0.15) is 11.1 Å². The molecule has 0 saturated heterocycles. The quantitative estimate of drug-likeness (QED) is 0.317. The Labute approximate surface area is 158 Å². The van der Waals surface area contributed by atoms with Gasteiger partial charge in [0.2, 0.25) is 5.88 Å². The second-order valence-electron chi connectivity index (χ2n) is 4.83. The van der Waals surface area contributed by atoms with E-state index in [0.717, 1.165) is 5.69 Å². The number of ether oxygens (including phenoxy) is 1. The molecular weight excluding hydrogens is 427 g/mol. The predicted octanol–water partition coefficient (Wildman–Crippen LogP) is 3.78. The largest absolute Gasteiger partial charge is 0.475 e. The smallest absolute Gasteiger partial charge is 0.232 e. The van der Waals surface area contributed by atoms with Crippen LogP contribution in [0.3, 0.4) is 0 Å². The molecule has 5 nitrogen and oxygen atoms in total. The lowest BCUT2D eigenvalue weighted by molar-refractivity contribution is 0.316. The molecule has 7 heteroatoms. The van der Waals surface area contributed by atoms with E-state index in [1.165, 1.54) is 11.1 Å². The van der Waals surface area contributed by atoms with Crippen LogP contribution in [-0.2, 0) is 0 Å². The van der Waals surface area contributed by atoms with Gasteiger partial charge in [-0.2, -0.15) is 0 Å². The Hall–Kier alpha value is -1.54. The Kier molecular flexibility index (Phi) is 8.11. The van der Waals surface area contributed by atoms with Crippen molar-refractivity contribution in [3.8, 4) is 5.88 Å². The molecule has 124 valence electrons. The third-order valence-electron chi connectivity index (χ3n) is 3.12. The van der Waals surface area contributed by atoms with Gasteiger partial charge in [0.25, 0.3) is 0 Å². The molecule has 0 fully saturated rings. The molecule has 1 heterocycles. The fourth-order valence-corrected chi connectivity index (χ4v) is 1.97. The fraction of sp³-hybridized carbons (Fsp3) is 0.250. The summed E-state index contributed by atoms with van der Waals surface area (Å²) in [5, 5.41) is 3.53. The monoisotopic (exact) mass is 446 g/mol. The Morgan fingerprint density at radius 1 is 1.30 bits per heavy atom. The lowest BCUT2D eigenvalue weighted by Crippen LogP contribution is -2.23. The summed E-state index contributed by atoms with van der Waals surface area (Å²) in [5.74, 6) is 0.749. The predicted molar refractivity (Wildman–Crippen MR) is 106 cm³/mol. The van der Waals surface area contributed by atoms with E-state index in [1.54, 1.807) is 18.3 Å². The Bertz CT molecular complexity index is 679. The molecule has 0 amide bonds. The fourth-order valence-electron chi connectivity index (χ4n) is 1.79. The second kappa shape index (κ2) is 9.57. The number of nitrogens with zero attached hydrogens (tertiary/aromatic N) is 2. The second-order valence-corrected chi connectivity index (χ2v) is 5.24. The van der Waals surface area contributed by atoms with Crippen molar-refractivity contribution in [1.29, 1.82) is 0 Å². The van der Waals surface area contributed by atoms with Gasteiger partial charge in [-0.15, -0.1) is 24.0 Å². The van der Waals surface area contributed by atoms with Crippen LogP contribution in [0.25, 0.3) is 0 Å². The zero-order chi connectivity index (χ0) is 15.9. The van der Waals surface area contributed by atoms with Crippen LogP contribution in [0.15, 0.2) is 41.5 Å². The van der Waals surface area contributed by atoms with Crippen molar-refractivity contribution in [1.82, 2.24) is 4.98 Å². The minimum absolute atomic E-state index is 0. The summed E-state index contributed by atoms with van der Waals surface area (Å²) >= 11 is 5.94. The topological polar surface area (TPSA) is 72.5 Å². The molecule has 0 aliphatic carbocycles. The van der Waals surface area contributed by atoms with Gasteiger partial charge in [-0.05, 0) is 49.2 Å². The van der Waals surface area contributed by atoms with E-state index in [-0.39, 0.29) is 24.0 Å². The lowest BCUT2D eigenvalue weighted by Gasteiger charge is -2.08. The van der Waals surface area contributed by atoms with E-state index in [9.17, 15) is 0 Å². The number of hydrogen-bond acceptors (Lipinski definition) is 3. The van der Waals surface area contributed by atoms with Crippen molar-refractivity contribution in [3.05, 3.63) is 52.7 Å². The number of rotatable bonds is 5. The zero-order valence-corrected chi connectivity index (χ0v) is 16.1. The molecule has 0 atom stereocenters. The highest BCUT2D eigenvalue weighted by Crippen LogP contribution is 2.19. The Morgan fingerprint density at radius 2 is 2.09 bits per heavy atom. The van der Waals surface area contributed by atoms with Crippen molar-refractivity contribution < 1.29 is 4.74 Å². The number of benzene rings is 1. The van der Waals surface area contributed by atoms with Gasteiger partial charge in [0, 0.05) is 11.9 Å². The molecule has 0 radical (unpaired) electrons. The Balaban J connectivity index is 0.00000264. The molecule has 1 aromatic heterocycles. The van der Waals surface area contributed by atoms with Gasteiger partial charge in [0.15, 0.2) is 5.96 Å². The van der Waals surface area contributed by atoms with Crippen LogP contribution in [0, 0.1) is 13.8 Å². The third kappa shape index (κ3) is 6.23. The zero-order valence-electron chi connectivity index (χ0n) is 13.0. The summed E-state index contributed by atoms with van der Waals surface area (Å²) < 4.78 is 5.44. The molecule has 3 N–H and O–H groups in total. The molecule has 1 aromatic carbocycles. The summed E-state index contributed by atoms with van der Waals surface area (Å²) in [7, 11) is 0. The number of hydrogen-bond donors (Lipinski definition) is 2. The van der Waals surface area contributed by atoms with Crippen LogP contribution < -0.4 is 15.8 Å². The number of nitrogens with one attached hydrogen (secondary N) is 1. The summed E-state index contributed by atoms with van der Waals surface area (Å²) in [5.41, 5.74) is 9.20. The van der Waals surface area contributed by atoms with E-state index < -0.39 is 0 Å². The van der Waals surface area contributed by atoms with Crippen molar-refractivity contribution in [2.75, 3.05) is 18.5 Å². The Morgan fingerprint density at radius 3 is 2.78 bits per heavy atom. The maximum atomic E-state index is 5.94. The van der Waals surface area contributed by atoms with Crippen molar-refractivity contribution in [3.63, 3.8) is 0 Å². The van der Waals surface area contributed by atoms with Crippen molar-refractivity contribution in [2.45, 2.75) is 13.8 Å². The minimum Gasteiger partial charge on any atom is -0.475 e. The molecule has 2 rings (SSSR count). The summed E-state index contributed by atoms with van der Waals surface area (Å²) in [6.45, 7) is 4.89. The lowest BCUT2D eigenvalue weighted by atomic mass is 10.1. The van der Waals surface area contributed by atoms with Gasteiger partial charge in [-0.3, -0.25) is 0 Å². The van der Waals surface area contributed by atoms with E-state index >= 15 is 0 Å². The average molecular weight is 447 g/mol. The number of pyridine rings is 1. The molecule has 23 heavy (non-hydrogen) atoms. The number of nitrogens with two attached hydrogens (primary N) is 1. The number of aromatic nitrogens is 1. The first-order valence-corrected chi connectivity index (χ1v) is 7.31. The number of aryl methyl sites for hydroxylation is 2. The summed E-state index contributed by atoms with van der Waals surface area (Å²) in [6.07, 6.45) is 1.63. The number of guanidine groups is 1. The van der Waals surface area contributed by atoms with E-state index in [2.05, 4.69) is 29.1 Å².